The van der Waals surface area contributed by atoms with E-state index in [4.69, 9.17) is 4.74 Å². The molecule has 6 nitrogen and oxygen atoms in total. The molecule has 0 saturated carbocycles. The van der Waals surface area contributed by atoms with Crippen molar-refractivity contribution in [1.29, 1.82) is 0 Å². The highest BCUT2D eigenvalue weighted by Gasteiger charge is 2.39. The topological polar surface area (TPSA) is 71.8 Å². The molecule has 0 aliphatic carbocycles. The highest BCUT2D eigenvalue weighted by Crippen LogP contribution is 2.26. The lowest BCUT2D eigenvalue weighted by Crippen LogP contribution is -2.57. The summed E-state index contributed by atoms with van der Waals surface area (Å²) in [4.78, 5) is 26.5. The fourth-order valence-electron chi connectivity index (χ4n) is 2.90. The molecule has 134 valence electrons. The Morgan fingerprint density at radius 1 is 1.33 bits per heavy atom. The molecule has 1 saturated heterocycles. The van der Waals surface area contributed by atoms with Crippen LogP contribution in [0.4, 0.5) is 0 Å². The van der Waals surface area contributed by atoms with E-state index in [0.717, 1.165) is 0 Å². The third kappa shape index (κ3) is 4.05. The van der Waals surface area contributed by atoms with Crippen molar-refractivity contribution in [3.63, 3.8) is 0 Å². The summed E-state index contributed by atoms with van der Waals surface area (Å²) < 4.78 is 7.19. The molecular weight excluding hydrogens is 308 g/mol. The summed E-state index contributed by atoms with van der Waals surface area (Å²) >= 11 is 0. The molecule has 0 unspecified atom stereocenters. The van der Waals surface area contributed by atoms with E-state index >= 15 is 0 Å². The summed E-state index contributed by atoms with van der Waals surface area (Å²) in [5, 5.41) is 10.7. The number of carbonyl (C=O) groups is 1. The Bertz CT molecular complexity index is 658. The van der Waals surface area contributed by atoms with Gasteiger partial charge in [-0.1, -0.05) is 26.8 Å². The Morgan fingerprint density at radius 2 is 2.00 bits per heavy atom. The highest BCUT2D eigenvalue weighted by atomic mass is 16.5. The van der Waals surface area contributed by atoms with E-state index in [1.54, 1.807) is 24.0 Å². The molecule has 1 aliphatic heterocycles. The first-order chi connectivity index (χ1) is 11.0. The van der Waals surface area contributed by atoms with Crippen molar-refractivity contribution in [3.05, 3.63) is 34.2 Å². The molecule has 1 aromatic heterocycles. The Labute approximate surface area is 143 Å². The molecule has 0 spiro atoms. The van der Waals surface area contributed by atoms with Crippen LogP contribution in [0.3, 0.4) is 0 Å². The largest absolute Gasteiger partial charge is 0.378 e. The van der Waals surface area contributed by atoms with Crippen molar-refractivity contribution >= 4 is 5.91 Å². The summed E-state index contributed by atoms with van der Waals surface area (Å²) in [5.74, 6) is -0.366. The number of nitrogens with zero attached hydrogens (tertiary/aromatic N) is 2. The quantitative estimate of drug-likeness (QED) is 0.900. The van der Waals surface area contributed by atoms with Crippen molar-refractivity contribution in [3.8, 4) is 0 Å². The Morgan fingerprint density at radius 3 is 2.58 bits per heavy atom. The summed E-state index contributed by atoms with van der Waals surface area (Å²) in [7, 11) is 0. The number of ether oxygens (including phenoxy) is 1. The maximum Gasteiger partial charge on any atom is 0.256 e. The van der Waals surface area contributed by atoms with Gasteiger partial charge in [0.15, 0.2) is 5.60 Å². The second kappa shape index (κ2) is 6.69. The lowest BCUT2D eigenvalue weighted by molar-refractivity contribution is -0.162. The van der Waals surface area contributed by atoms with Gasteiger partial charge in [0.25, 0.3) is 11.5 Å². The molecule has 1 fully saturated rings. The first-order valence-electron chi connectivity index (χ1n) is 8.32. The number of hydrogen-bond donors (Lipinski definition) is 1. The first-order valence-corrected chi connectivity index (χ1v) is 8.32. The van der Waals surface area contributed by atoms with Gasteiger partial charge in [-0.25, -0.2) is 0 Å². The Kier molecular flexibility index (Phi) is 5.20. The minimum absolute atomic E-state index is 0.0606. The zero-order valence-electron chi connectivity index (χ0n) is 15.2. The van der Waals surface area contributed by atoms with E-state index in [2.05, 4.69) is 20.8 Å². The van der Waals surface area contributed by atoms with Gasteiger partial charge in [0.1, 0.15) is 0 Å². The molecule has 0 radical (unpaired) electrons. The van der Waals surface area contributed by atoms with Crippen LogP contribution in [0.15, 0.2) is 23.0 Å². The summed E-state index contributed by atoms with van der Waals surface area (Å²) in [6, 6.07) is 4.88. The van der Waals surface area contributed by atoms with Gasteiger partial charge in [0, 0.05) is 24.8 Å². The molecule has 2 heterocycles. The zero-order chi connectivity index (χ0) is 18.1. The lowest BCUT2D eigenvalue weighted by atomic mass is 9.87. The van der Waals surface area contributed by atoms with Gasteiger partial charge in [-0.05, 0) is 25.3 Å². The van der Waals surface area contributed by atoms with Gasteiger partial charge in [-0.15, -0.1) is 0 Å². The van der Waals surface area contributed by atoms with Crippen LogP contribution in [0.1, 0.15) is 33.4 Å². The molecular formula is C18H28N2O4. The molecule has 24 heavy (non-hydrogen) atoms. The molecule has 2 rings (SSSR count). The van der Waals surface area contributed by atoms with Crippen LogP contribution in [0.2, 0.25) is 0 Å². The fraction of sp³-hybridized carbons (Fsp3) is 0.667. The van der Waals surface area contributed by atoms with E-state index < -0.39 is 5.60 Å². The molecule has 0 aromatic carbocycles. The van der Waals surface area contributed by atoms with Crippen LogP contribution < -0.4 is 5.56 Å². The number of rotatable bonds is 3. The predicted molar refractivity (Wildman–Crippen MR) is 91.8 cm³/mol. The Hall–Kier alpha value is -1.66. The minimum Gasteiger partial charge on any atom is -0.378 e. The molecule has 1 amide bonds. The maximum atomic E-state index is 12.8. The van der Waals surface area contributed by atoms with E-state index in [-0.39, 0.29) is 29.5 Å². The van der Waals surface area contributed by atoms with Crippen molar-refractivity contribution < 1.29 is 14.6 Å². The van der Waals surface area contributed by atoms with E-state index in [1.165, 1.54) is 17.6 Å². The van der Waals surface area contributed by atoms with Gasteiger partial charge in [-0.2, -0.15) is 0 Å². The summed E-state index contributed by atoms with van der Waals surface area (Å²) in [5.41, 5.74) is -1.24. The minimum atomic E-state index is -1.64. The second-order valence-corrected chi connectivity index (χ2v) is 7.84. The SMILES string of the molecule is Cc1cccc(=O)n1C[C@](C)(O)C(=O)N1CCO[C@H](C(C)(C)C)C1. The molecule has 1 aliphatic rings. The first kappa shape index (κ1) is 18.7. The van der Waals surface area contributed by atoms with Gasteiger partial charge < -0.3 is 19.3 Å². The number of aromatic nitrogens is 1. The summed E-state index contributed by atoms with van der Waals surface area (Å²) in [6.07, 6.45) is -0.0767. The number of pyridine rings is 1. The number of amides is 1. The van der Waals surface area contributed by atoms with Crippen molar-refractivity contribution in [2.24, 2.45) is 5.41 Å². The highest BCUT2D eigenvalue weighted by molar-refractivity contribution is 5.84. The fourth-order valence-corrected chi connectivity index (χ4v) is 2.90. The molecule has 1 N–H and O–H groups in total. The summed E-state index contributed by atoms with van der Waals surface area (Å²) in [6.45, 7) is 10.7. The van der Waals surface area contributed by atoms with Crippen molar-refractivity contribution in [2.45, 2.75) is 52.9 Å². The molecule has 2 atom stereocenters. The van der Waals surface area contributed by atoms with E-state index in [9.17, 15) is 14.7 Å². The van der Waals surface area contributed by atoms with Crippen LogP contribution in [-0.2, 0) is 16.1 Å². The lowest BCUT2D eigenvalue weighted by Gasteiger charge is -2.41. The van der Waals surface area contributed by atoms with Gasteiger partial charge >= 0.3 is 0 Å². The zero-order valence-corrected chi connectivity index (χ0v) is 15.2. The normalized spacial score (nSPS) is 21.4. The molecule has 0 bridgehead atoms. The van der Waals surface area contributed by atoms with Crippen LogP contribution in [0.5, 0.6) is 0 Å². The third-order valence-electron chi connectivity index (χ3n) is 4.51. The van der Waals surface area contributed by atoms with E-state index in [0.29, 0.717) is 25.4 Å². The number of morpholine rings is 1. The second-order valence-electron chi connectivity index (χ2n) is 7.84. The van der Waals surface area contributed by atoms with Crippen LogP contribution >= 0.6 is 0 Å². The van der Waals surface area contributed by atoms with Gasteiger partial charge in [0.2, 0.25) is 0 Å². The smallest absolute Gasteiger partial charge is 0.256 e. The molecule has 6 heteroatoms. The predicted octanol–water partition coefficient (Wildman–Crippen LogP) is 1.18. The maximum absolute atomic E-state index is 12.8. The van der Waals surface area contributed by atoms with Crippen LogP contribution in [0.25, 0.3) is 0 Å². The number of aryl methyl sites for hydroxylation is 1. The third-order valence-corrected chi connectivity index (χ3v) is 4.51. The van der Waals surface area contributed by atoms with Crippen LogP contribution in [0, 0.1) is 12.3 Å². The van der Waals surface area contributed by atoms with Gasteiger partial charge in [0.05, 0.1) is 19.3 Å². The number of carbonyl (C=O) groups excluding carboxylic acids is 1. The average molecular weight is 336 g/mol. The van der Waals surface area contributed by atoms with Gasteiger partial charge in [-0.3, -0.25) is 9.59 Å². The average Bonchev–Trinajstić information content (AvgIpc) is 2.49. The van der Waals surface area contributed by atoms with Crippen molar-refractivity contribution in [2.75, 3.05) is 19.7 Å². The van der Waals surface area contributed by atoms with Crippen molar-refractivity contribution in [1.82, 2.24) is 9.47 Å². The standard InChI is InChI=1S/C18H28N2O4/c1-13-7-6-8-15(21)20(13)12-18(5,23)16(22)19-9-10-24-14(11-19)17(2,3)4/h6-8,14,23H,9-12H2,1-5H3/t14-,18-/m0/s1. The number of hydrogen-bond acceptors (Lipinski definition) is 4. The number of aliphatic hydroxyl groups is 1. The Balaban J connectivity index is 2.17. The van der Waals surface area contributed by atoms with Crippen LogP contribution in [-0.4, -0.2) is 51.9 Å². The molecule has 1 aromatic rings. The monoisotopic (exact) mass is 336 g/mol. The van der Waals surface area contributed by atoms with E-state index in [1.807, 2.05) is 0 Å².